The highest BCUT2D eigenvalue weighted by atomic mass is 16.4. The van der Waals surface area contributed by atoms with Crippen LogP contribution < -0.4 is 15.5 Å². The van der Waals surface area contributed by atoms with E-state index in [1.807, 2.05) is 11.9 Å². The van der Waals surface area contributed by atoms with E-state index in [1.54, 1.807) is 24.5 Å². The van der Waals surface area contributed by atoms with Gasteiger partial charge in [0.2, 0.25) is 5.91 Å². The summed E-state index contributed by atoms with van der Waals surface area (Å²) in [5.74, 6) is -5.46. The van der Waals surface area contributed by atoms with Gasteiger partial charge in [-0.25, -0.2) is 29.5 Å². The van der Waals surface area contributed by atoms with Gasteiger partial charge in [-0.3, -0.25) is 14.4 Å². The number of rotatable bonds is 14. The molecule has 0 spiro atoms. The number of carboxylic acid groups (broad SMARTS) is 3. The minimum absolute atomic E-state index is 0.190. The third-order valence-corrected chi connectivity index (χ3v) is 5.79. The lowest BCUT2D eigenvalue weighted by atomic mass is 10.1. The summed E-state index contributed by atoms with van der Waals surface area (Å²) in [6.45, 7) is 0.408. The Hall–Kier alpha value is -5.21. The number of amides is 2. The zero-order valence-corrected chi connectivity index (χ0v) is 21.4. The smallest absolute Gasteiger partial charge is 0.326 e. The van der Waals surface area contributed by atoms with Crippen molar-refractivity contribution in [3.8, 4) is 0 Å². The zero-order chi connectivity index (χ0) is 29.2. The van der Waals surface area contributed by atoms with Gasteiger partial charge < -0.3 is 30.9 Å². The van der Waals surface area contributed by atoms with Crippen molar-refractivity contribution in [3.63, 3.8) is 0 Å². The molecule has 40 heavy (non-hydrogen) atoms. The van der Waals surface area contributed by atoms with Gasteiger partial charge in [-0.05, 0) is 37.1 Å². The van der Waals surface area contributed by atoms with Crippen molar-refractivity contribution in [3.05, 3.63) is 54.2 Å². The second-order valence-corrected chi connectivity index (χ2v) is 8.79. The molecule has 0 radical (unpaired) electrons. The van der Waals surface area contributed by atoms with Gasteiger partial charge in [0, 0.05) is 31.1 Å². The van der Waals surface area contributed by atoms with Gasteiger partial charge in [0.15, 0.2) is 5.65 Å². The number of aromatic nitrogens is 4. The average molecular weight is 554 g/mol. The first-order valence-corrected chi connectivity index (χ1v) is 12.0. The summed E-state index contributed by atoms with van der Waals surface area (Å²) < 4.78 is 0. The highest BCUT2D eigenvalue weighted by Crippen LogP contribution is 2.17. The van der Waals surface area contributed by atoms with Gasteiger partial charge in [0.05, 0.1) is 24.6 Å². The molecule has 2 atom stereocenters. The van der Waals surface area contributed by atoms with Gasteiger partial charge in [0.25, 0.3) is 5.91 Å². The Kier molecular flexibility index (Phi) is 9.94. The predicted octanol–water partition coefficient (Wildman–Crippen LogP) is 0.454. The maximum Gasteiger partial charge on any atom is 0.326 e. The maximum atomic E-state index is 12.7. The quantitative estimate of drug-likeness (QED) is 0.183. The average Bonchev–Trinajstić information content (AvgIpc) is 2.92. The number of carbonyl (C=O) groups is 5. The van der Waals surface area contributed by atoms with Crippen molar-refractivity contribution in [2.24, 2.45) is 0 Å². The largest absolute Gasteiger partial charge is 0.481 e. The molecule has 15 nitrogen and oxygen atoms in total. The first kappa shape index (κ1) is 29.3. The fourth-order valence-electron chi connectivity index (χ4n) is 3.66. The molecule has 2 heterocycles. The van der Waals surface area contributed by atoms with Gasteiger partial charge in [-0.2, -0.15) is 0 Å². The molecule has 3 rings (SSSR count). The normalized spacial score (nSPS) is 12.2. The van der Waals surface area contributed by atoms with Crippen LogP contribution in [0.3, 0.4) is 0 Å². The fourth-order valence-corrected chi connectivity index (χ4v) is 3.66. The van der Waals surface area contributed by atoms with E-state index in [1.165, 1.54) is 18.5 Å². The topological polar surface area (TPSA) is 225 Å². The van der Waals surface area contributed by atoms with Gasteiger partial charge in [-0.1, -0.05) is 0 Å². The number of hydrogen-bond donors (Lipinski definition) is 5. The van der Waals surface area contributed by atoms with Crippen LogP contribution >= 0.6 is 0 Å². The lowest BCUT2D eigenvalue weighted by Crippen LogP contribution is -2.44. The number of fused-ring (bicyclic) bond motifs is 1. The molecule has 0 aliphatic carbocycles. The fraction of sp³-hybridized carbons (Fsp3) is 0.320. The van der Waals surface area contributed by atoms with Crippen LogP contribution in [0.1, 0.15) is 41.7 Å². The Morgan fingerprint density at radius 3 is 2.17 bits per heavy atom. The van der Waals surface area contributed by atoms with Crippen LogP contribution in [0.5, 0.6) is 0 Å². The van der Waals surface area contributed by atoms with Crippen LogP contribution in [0.15, 0.2) is 43.0 Å². The van der Waals surface area contributed by atoms with Crippen LogP contribution in [-0.4, -0.2) is 84.1 Å². The number of hydrogen-bond acceptors (Lipinski definition) is 10. The highest BCUT2D eigenvalue weighted by Gasteiger charge is 2.25. The summed E-state index contributed by atoms with van der Waals surface area (Å²) in [5.41, 5.74) is 2.67. The van der Waals surface area contributed by atoms with E-state index < -0.39 is 54.6 Å². The third kappa shape index (κ3) is 8.41. The molecule has 3 aromatic rings. The van der Waals surface area contributed by atoms with Crippen LogP contribution in [0.4, 0.5) is 5.69 Å². The monoisotopic (exact) mass is 553 g/mol. The standard InChI is InChI=1S/C25H27N7O8/c1-32(12-15-10-27-22-19(29-15)11-26-13-28-22)16-4-2-14(3-5-16)23(36)31-18(25(39)40)6-8-20(33)30-17(24(37)38)7-9-21(34)35/h2-5,10-11,13,17-18H,6-9,12H2,1H3,(H,30,33)(H,31,36)(H,34,35)(H,37,38)(H,39,40)/t17?,18-/m0/s1. The third-order valence-electron chi connectivity index (χ3n) is 5.79. The summed E-state index contributed by atoms with van der Waals surface area (Å²) in [6, 6.07) is 3.55. The van der Waals surface area contributed by atoms with E-state index >= 15 is 0 Å². The van der Waals surface area contributed by atoms with Crippen LogP contribution in [0.2, 0.25) is 0 Å². The number of anilines is 1. The molecule has 5 N–H and O–H groups in total. The number of nitrogens with one attached hydrogen (secondary N) is 2. The molecule has 0 saturated heterocycles. The predicted molar refractivity (Wildman–Crippen MR) is 138 cm³/mol. The van der Waals surface area contributed by atoms with E-state index in [0.717, 1.165) is 5.69 Å². The summed E-state index contributed by atoms with van der Waals surface area (Å²) in [4.78, 5) is 76.9. The lowest BCUT2D eigenvalue weighted by molar-refractivity contribution is -0.143. The van der Waals surface area contributed by atoms with E-state index in [9.17, 15) is 29.1 Å². The van der Waals surface area contributed by atoms with Gasteiger partial charge in [0.1, 0.15) is 23.9 Å². The molecule has 0 bridgehead atoms. The maximum absolute atomic E-state index is 12.7. The van der Waals surface area contributed by atoms with Crippen LogP contribution in [-0.2, 0) is 25.7 Å². The van der Waals surface area contributed by atoms with Crippen molar-refractivity contribution < 1.29 is 39.3 Å². The molecule has 0 aliphatic rings. The Bertz CT molecular complexity index is 1400. The van der Waals surface area contributed by atoms with E-state index in [4.69, 9.17) is 10.2 Å². The minimum atomic E-state index is -1.43. The zero-order valence-electron chi connectivity index (χ0n) is 21.4. The summed E-state index contributed by atoms with van der Waals surface area (Å²) in [6.07, 6.45) is 3.06. The number of benzene rings is 1. The van der Waals surface area contributed by atoms with Crippen molar-refractivity contribution in [2.75, 3.05) is 11.9 Å². The molecule has 1 unspecified atom stereocenters. The molecule has 2 amide bonds. The van der Waals surface area contributed by atoms with Gasteiger partial charge >= 0.3 is 17.9 Å². The van der Waals surface area contributed by atoms with Crippen molar-refractivity contribution >= 4 is 46.6 Å². The Balaban J connectivity index is 1.55. The number of aliphatic carboxylic acids is 3. The van der Waals surface area contributed by atoms with E-state index in [2.05, 4.69) is 30.6 Å². The van der Waals surface area contributed by atoms with Crippen LogP contribution in [0, 0.1) is 0 Å². The number of carboxylic acids is 3. The van der Waals surface area contributed by atoms with E-state index in [0.29, 0.717) is 23.4 Å². The number of carbonyl (C=O) groups excluding carboxylic acids is 2. The summed E-state index contributed by atoms with van der Waals surface area (Å²) in [7, 11) is 1.82. The SMILES string of the molecule is CN(Cc1cnc2ncncc2n1)c1ccc(C(=O)N[C@@H](CCC(=O)NC(CCC(=O)O)C(=O)O)C(=O)O)cc1. The van der Waals surface area contributed by atoms with Crippen molar-refractivity contribution in [1.82, 2.24) is 30.6 Å². The Morgan fingerprint density at radius 1 is 0.875 bits per heavy atom. The number of nitrogens with zero attached hydrogens (tertiary/aromatic N) is 5. The van der Waals surface area contributed by atoms with Crippen molar-refractivity contribution in [1.29, 1.82) is 0 Å². The summed E-state index contributed by atoms with van der Waals surface area (Å²) >= 11 is 0. The lowest BCUT2D eigenvalue weighted by Gasteiger charge is -2.19. The first-order chi connectivity index (χ1) is 19.0. The highest BCUT2D eigenvalue weighted by molar-refractivity contribution is 5.97. The molecular formula is C25H27N7O8. The molecule has 15 heteroatoms. The molecule has 2 aromatic heterocycles. The second-order valence-electron chi connectivity index (χ2n) is 8.79. The Morgan fingerprint density at radius 2 is 1.52 bits per heavy atom. The second kappa shape index (κ2) is 13.5. The Labute approximate surface area is 227 Å². The molecule has 1 aromatic carbocycles. The first-order valence-electron chi connectivity index (χ1n) is 12.0. The van der Waals surface area contributed by atoms with Gasteiger partial charge in [-0.15, -0.1) is 0 Å². The molecule has 0 aliphatic heterocycles. The molecule has 210 valence electrons. The molecule has 0 fully saturated rings. The van der Waals surface area contributed by atoms with E-state index in [-0.39, 0.29) is 18.4 Å². The molecule has 0 saturated carbocycles. The minimum Gasteiger partial charge on any atom is -0.481 e. The molecular weight excluding hydrogens is 526 g/mol. The summed E-state index contributed by atoms with van der Waals surface area (Å²) in [5, 5.41) is 31.9. The van der Waals surface area contributed by atoms with Crippen LogP contribution in [0.25, 0.3) is 11.2 Å². The van der Waals surface area contributed by atoms with Crippen molar-refractivity contribution in [2.45, 2.75) is 44.3 Å².